The molecule has 1 fully saturated rings. The molecule has 1 amide bonds. The molecule has 1 aliphatic rings. The van der Waals surface area contributed by atoms with Crippen LogP contribution < -0.4 is 10.6 Å². The molecule has 1 unspecified atom stereocenters. The zero-order valence-electron chi connectivity index (χ0n) is 10.2. The van der Waals surface area contributed by atoms with Crippen molar-refractivity contribution in [3.8, 4) is 0 Å². The van der Waals surface area contributed by atoms with Gasteiger partial charge in [-0.1, -0.05) is 27.2 Å². The number of piperidine rings is 1. The number of carbonyl (C=O) groups excluding carboxylic acids is 1. The van der Waals surface area contributed by atoms with Crippen molar-refractivity contribution in [3.05, 3.63) is 0 Å². The highest BCUT2D eigenvalue weighted by molar-refractivity contribution is 5.82. The first kappa shape index (κ1) is 12.5. The zero-order chi connectivity index (χ0) is 11.3. The zero-order valence-corrected chi connectivity index (χ0v) is 10.2. The highest BCUT2D eigenvalue weighted by Gasteiger charge is 2.34. The fraction of sp³-hybridized carbons (Fsp3) is 0.917. The Hall–Kier alpha value is -0.570. The van der Waals surface area contributed by atoms with E-state index in [-0.39, 0.29) is 11.3 Å². The van der Waals surface area contributed by atoms with Crippen LogP contribution in [0.25, 0.3) is 0 Å². The normalized spacial score (nSPS) is 22.1. The number of hydrogen-bond donors (Lipinski definition) is 2. The lowest BCUT2D eigenvalue weighted by Gasteiger charge is -2.32. The van der Waals surface area contributed by atoms with E-state index >= 15 is 0 Å². The van der Waals surface area contributed by atoms with Crippen molar-refractivity contribution in [1.29, 1.82) is 0 Å². The van der Waals surface area contributed by atoms with Gasteiger partial charge in [0.25, 0.3) is 0 Å². The van der Waals surface area contributed by atoms with E-state index in [9.17, 15) is 4.79 Å². The average molecular weight is 212 g/mol. The van der Waals surface area contributed by atoms with Crippen LogP contribution in [0.4, 0.5) is 0 Å². The molecule has 1 atom stereocenters. The molecule has 3 nitrogen and oxygen atoms in total. The Bertz CT molecular complexity index is 210. The lowest BCUT2D eigenvalue weighted by atomic mass is 9.80. The van der Waals surface area contributed by atoms with Gasteiger partial charge in [0, 0.05) is 12.0 Å². The summed E-state index contributed by atoms with van der Waals surface area (Å²) in [7, 11) is 0. The van der Waals surface area contributed by atoms with Crippen molar-refractivity contribution in [2.75, 3.05) is 19.6 Å². The fourth-order valence-electron chi connectivity index (χ4n) is 1.83. The van der Waals surface area contributed by atoms with Crippen LogP contribution in [0.2, 0.25) is 0 Å². The summed E-state index contributed by atoms with van der Waals surface area (Å²) >= 11 is 0. The molecule has 0 bridgehead atoms. The number of rotatable bonds is 4. The monoisotopic (exact) mass is 212 g/mol. The van der Waals surface area contributed by atoms with E-state index in [2.05, 4.69) is 31.4 Å². The second-order valence-electron chi connectivity index (χ2n) is 5.03. The van der Waals surface area contributed by atoms with E-state index in [4.69, 9.17) is 0 Å². The van der Waals surface area contributed by atoms with Gasteiger partial charge in [0.1, 0.15) is 0 Å². The maximum absolute atomic E-state index is 12.0. The average Bonchev–Trinajstić information content (AvgIpc) is 2.26. The van der Waals surface area contributed by atoms with Crippen LogP contribution in [-0.4, -0.2) is 25.5 Å². The van der Waals surface area contributed by atoms with Crippen LogP contribution >= 0.6 is 0 Å². The summed E-state index contributed by atoms with van der Waals surface area (Å²) in [5.74, 6) is 0.823. The van der Waals surface area contributed by atoms with Crippen LogP contribution in [0, 0.1) is 11.3 Å². The summed E-state index contributed by atoms with van der Waals surface area (Å²) < 4.78 is 0. The van der Waals surface area contributed by atoms with E-state index in [1.807, 2.05) is 0 Å². The van der Waals surface area contributed by atoms with Crippen LogP contribution in [0.5, 0.6) is 0 Å². The Morgan fingerprint density at radius 3 is 2.60 bits per heavy atom. The van der Waals surface area contributed by atoms with Gasteiger partial charge in [-0.3, -0.25) is 4.79 Å². The molecule has 0 aromatic carbocycles. The lowest BCUT2D eigenvalue weighted by molar-refractivity contribution is -0.131. The number of hydrogen-bond acceptors (Lipinski definition) is 2. The highest BCUT2D eigenvalue weighted by Crippen LogP contribution is 2.27. The minimum absolute atomic E-state index is 0.140. The van der Waals surface area contributed by atoms with Crippen LogP contribution in [0.3, 0.4) is 0 Å². The molecule has 0 aromatic rings. The summed E-state index contributed by atoms with van der Waals surface area (Å²) in [4.78, 5) is 12.0. The van der Waals surface area contributed by atoms with Gasteiger partial charge in [0.2, 0.25) is 5.91 Å². The maximum Gasteiger partial charge on any atom is 0.226 e. The van der Waals surface area contributed by atoms with Gasteiger partial charge >= 0.3 is 0 Å². The van der Waals surface area contributed by atoms with Gasteiger partial charge in [-0.05, 0) is 31.8 Å². The summed E-state index contributed by atoms with van der Waals surface area (Å²) in [5, 5.41) is 6.37. The molecular formula is C12H24N2O. The predicted molar refractivity (Wildman–Crippen MR) is 62.7 cm³/mol. The summed E-state index contributed by atoms with van der Waals surface area (Å²) in [5.41, 5.74) is -0.140. The molecule has 88 valence electrons. The summed E-state index contributed by atoms with van der Waals surface area (Å²) in [6.07, 6.45) is 3.04. The number of nitrogens with one attached hydrogen (secondary N) is 2. The van der Waals surface area contributed by atoms with Gasteiger partial charge in [-0.25, -0.2) is 0 Å². The minimum atomic E-state index is -0.140. The van der Waals surface area contributed by atoms with Crippen LogP contribution in [0.1, 0.15) is 40.0 Å². The molecular weight excluding hydrogens is 188 g/mol. The topological polar surface area (TPSA) is 41.1 Å². The quantitative estimate of drug-likeness (QED) is 0.742. The predicted octanol–water partition coefficient (Wildman–Crippen LogP) is 1.54. The smallest absolute Gasteiger partial charge is 0.226 e. The van der Waals surface area contributed by atoms with E-state index < -0.39 is 0 Å². The third-order valence-corrected chi connectivity index (χ3v) is 3.56. The Morgan fingerprint density at radius 2 is 2.07 bits per heavy atom. The SMILES string of the molecule is CCC(C)CNC(=O)C1(C)CCNCC1. The minimum Gasteiger partial charge on any atom is -0.355 e. The Morgan fingerprint density at radius 1 is 1.47 bits per heavy atom. The molecule has 0 aliphatic carbocycles. The molecule has 1 aliphatic heterocycles. The number of amides is 1. The molecule has 1 heterocycles. The largest absolute Gasteiger partial charge is 0.355 e. The first-order chi connectivity index (χ1) is 7.08. The second-order valence-corrected chi connectivity index (χ2v) is 5.03. The van der Waals surface area contributed by atoms with Crippen molar-refractivity contribution in [2.45, 2.75) is 40.0 Å². The van der Waals surface area contributed by atoms with Gasteiger partial charge in [-0.2, -0.15) is 0 Å². The van der Waals surface area contributed by atoms with Crippen LogP contribution in [0.15, 0.2) is 0 Å². The highest BCUT2D eigenvalue weighted by atomic mass is 16.2. The first-order valence-electron chi connectivity index (χ1n) is 6.07. The van der Waals surface area contributed by atoms with Crippen molar-refractivity contribution < 1.29 is 4.79 Å². The molecule has 3 heteroatoms. The van der Waals surface area contributed by atoms with E-state index in [1.165, 1.54) is 0 Å². The second kappa shape index (κ2) is 5.50. The van der Waals surface area contributed by atoms with Crippen LogP contribution in [-0.2, 0) is 4.79 Å². The fourth-order valence-corrected chi connectivity index (χ4v) is 1.83. The standard InChI is InChI=1S/C12H24N2O/c1-4-10(2)9-14-11(15)12(3)5-7-13-8-6-12/h10,13H,4-9H2,1-3H3,(H,14,15). The third kappa shape index (κ3) is 3.49. The maximum atomic E-state index is 12.0. The molecule has 0 spiro atoms. The Balaban J connectivity index is 2.37. The molecule has 1 saturated heterocycles. The van der Waals surface area contributed by atoms with Gasteiger partial charge in [-0.15, -0.1) is 0 Å². The Labute approximate surface area is 93.0 Å². The molecule has 15 heavy (non-hydrogen) atoms. The van der Waals surface area contributed by atoms with Crippen molar-refractivity contribution in [2.24, 2.45) is 11.3 Å². The third-order valence-electron chi connectivity index (χ3n) is 3.56. The van der Waals surface area contributed by atoms with E-state index in [0.717, 1.165) is 38.9 Å². The van der Waals surface area contributed by atoms with Gasteiger partial charge in [0.15, 0.2) is 0 Å². The Kier molecular flexibility index (Phi) is 4.58. The summed E-state index contributed by atoms with van der Waals surface area (Å²) in [6, 6.07) is 0. The van der Waals surface area contributed by atoms with Crippen molar-refractivity contribution >= 4 is 5.91 Å². The van der Waals surface area contributed by atoms with Crippen molar-refractivity contribution in [1.82, 2.24) is 10.6 Å². The first-order valence-corrected chi connectivity index (χ1v) is 6.07. The van der Waals surface area contributed by atoms with E-state index in [0.29, 0.717) is 5.92 Å². The lowest BCUT2D eigenvalue weighted by Crippen LogP contribution is -2.46. The van der Waals surface area contributed by atoms with Gasteiger partial charge in [0.05, 0.1) is 0 Å². The van der Waals surface area contributed by atoms with E-state index in [1.54, 1.807) is 0 Å². The molecule has 2 N–H and O–H groups in total. The molecule has 0 radical (unpaired) electrons. The van der Waals surface area contributed by atoms with Crippen molar-refractivity contribution in [3.63, 3.8) is 0 Å². The number of carbonyl (C=O) groups is 1. The molecule has 0 aromatic heterocycles. The molecule has 0 saturated carbocycles. The van der Waals surface area contributed by atoms with Gasteiger partial charge < -0.3 is 10.6 Å². The molecule has 1 rings (SSSR count). The summed E-state index contributed by atoms with van der Waals surface area (Å²) in [6.45, 7) is 9.16.